The summed E-state index contributed by atoms with van der Waals surface area (Å²) in [6, 6.07) is 12.7. The number of aliphatic hydroxyl groups excluding tert-OH is 1. The molecule has 3 aromatic rings. The van der Waals surface area contributed by atoms with Gasteiger partial charge in [0.25, 0.3) is 0 Å². The van der Waals surface area contributed by atoms with Crippen molar-refractivity contribution in [3.8, 4) is 0 Å². The fourth-order valence-corrected chi connectivity index (χ4v) is 2.49. The van der Waals surface area contributed by atoms with Crippen LogP contribution in [0.4, 0.5) is 0 Å². The molecule has 0 aliphatic carbocycles. The summed E-state index contributed by atoms with van der Waals surface area (Å²) >= 11 is 0. The highest BCUT2D eigenvalue weighted by molar-refractivity contribution is 5.75. The third-order valence-corrected chi connectivity index (χ3v) is 3.80. The van der Waals surface area contributed by atoms with Crippen molar-refractivity contribution in [1.29, 1.82) is 0 Å². The van der Waals surface area contributed by atoms with E-state index in [0.717, 1.165) is 11.1 Å². The Morgan fingerprint density at radius 2 is 1.88 bits per heavy atom. The van der Waals surface area contributed by atoms with Crippen LogP contribution in [-0.2, 0) is 24.5 Å². The molecule has 7 nitrogen and oxygen atoms in total. The summed E-state index contributed by atoms with van der Waals surface area (Å²) in [7, 11) is 0. The number of hydrogen-bond acceptors (Lipinski definition) is 4. The predicted octanol–water partition coefficient (Wildman–Crippen LogP) is 0.695. The molecule has 0 saturated carbocycles. The van der Waals surface area contributed by atoms with Crippen LogP contribution in [0.5, 0.6) is 0 Å². The highest BCUT2D eigenvalue weighted by atomic mass is 16.3. The molecule has 0 radical (unpaired) electrons. The number of nitrogens with zero attached hydrogens (tertiary/aromatic N) is 3. The van der Waals surface area contributed by atoms with Gasteiger partial charge in [-0.3, -0.25) is 9.20 Å². The van der Waals surface area contributed by atoms with E-state index >= 15 is 0 Å². The second-order valence-corrected chi connectivity index (χ2v) is 5.39. The summed E-state index contributed by atoms with van der Waals surface area (Å²) in [6.07, 6.45) is 1.80. The molecule has 0 fully saturated rings. The number of nitrogens with one attached hydrogen (secondary N) is 1. The van der Waals surface area contributed by atoms with Gasteiger partial charge in [-0.1, -0.05) is 30.3 Å². The lowest BCUT2D eigenvalue weighted by Crippen LogP contribution is -2.27. The lowest BCUT2D eigenvalue weighted by atomic mass is 10.1. The van der Waals surface area contributed by atoms with Crippen LogP contribution in [0.2, 0.25) is 0 Å². The van der Waals surface area contributed by atoms with E-state index in [1.54, 1.807) is 24.4 Å². The molecule has 0 unspecified atom stereocenters. The third kappa shape index (κ3) is 3.36. The zero-order chi connectivity index (χ0) is 16.9. The SMILES string of the molecule is O=C(CCn1nc2ccccn2c1=O)NCc1ccccc1CO. The molecule has 0 saturated heterocycles. The van der Waals surface area contributed by atoms with Gasteiger partial charge in [0.15, 0.2) is 5.65 Å². The molecular weight excluding hydrogens is 308 g/mol. The van der Waals surface area contributed by atoms with Crippen LogP contribution in [-0.4, -0.2) is 25.2 Å². The molecule has 2 heterocycles. The maximum atomic E-state index is 12.1. The van der Waals surface area contributed by atoms with Crippen molar-refractivity contribution in [1.82, 2.24) is 19.5 Å². The van der Waals surface area contributed by atoms with E-state index in [1.807, 2.05) is 24.3 Å². The minimum Gasteiger partial charge on any atom is -0.392 e. The Labute approximate surface area is 138 Å². The summed E-state index contributed by atoms with van der Waals surface area (Å²) in [4.78, 5) is 24.1. The molecule has 0 atom stereocenters. The van der Waals surface area contributed by atoms with Gasteiger partial charge in [0, 0.05) is 19.2 Å². The van der Waals surface area contributed by atoms with Crippen molar-refractivity contribution in [2.45, 2.75) is 26.1 Å². The maximum absolute atomic E-state index is 12.1. The van der Waals surface area contributed by atoms with E-state index in [4.69, 9.17) is 0 Å². The zero-order valence-corrected chi connectivity index (χ0v) is 13.1. The van der Waals surface area contributed by atoms with Crippen LogP contribution >= 0.6 is 0 Å². The zero-order valence-electron chi connectivity index (χ0n) is 13.1. The smallest absolute Gasteiger partial charge is 0.350 e. The van der Waals surface area contributed by atoms with Crippen molar-refractivity contribution in [2.24, 2.45) is 0 Å². The van der Waals surface area contributed by atoms with Crippen LogP contribution in [0.25, 0.3) is 5.65 Å². The number of pyridine rings is 1. The van der Waals surface area contributed by atoms with Crippen molar-refractivity contribution >= 4 is 11.6 Å². The first-order valence-corrected chi connectivity index (χ1v) is 7.67. The molecule has 1 amide bonds. The predicted molar refractivity (Wildman–Crippen MR) is 88.3 cm³/mol. The largest absolute Gasteiger partial charge is 0.392 e. The molecule has 0 aliphatic heterocycles. The number of benzene rings is 1. The van der Waals surface area contributed by atoms with Gasteiger partial charge in [-0.15, -0.1) is 5.10 Å². The van der Waals surface area contributed by atoms with Gasteiger partial charge in [0.1, 0.15) is 0 Å². The average molecular weight is 326 g/mol. The first-order valence-electron chi connectivity index (χ1n) is 7.67. The number of carbonyl (C=O) groups excluding carboxylic acids is 1. The molecule has 24 heavy (non-hydrogen) atoms. The molecule has 124 valence electrons. The second kappa shape index (κ2) is 7.10. The van der Waals surface area contributed by atoms with E-state index in [1.165, 1.54) is 9.08 Å². The highest BCUT2D eigenvalue weighted by Crippen LogP contribution is 2.08. The van der Waals surface area contributed by atoms with Crippen molar-refractivity contribution in [3.05, 3.63) is 70.3 Å². The first-order chi connectivity index (χ1) is 11.7. The Morgan fingerprint density at radius 1 is 1.12 bits per heavy atom. The molecule has 3 rings (SSSR count). The average Bonchev–Trinajstić information content (AvgIpc) is 2.94. The first kappa shape index (κ1) is 15.9. The minimum atomic E-state index is -0.260. The number of aliphatic hydroxyl groups is 1. The molecule has 1 aromatic carbocycles. The number of carbonyl (C=O) groups is 1. The standard InChI is InChI=1S/C17H18N4O3/c22-12-14-6-2-1-5-13(14)11-18-16(23)8-10-21-17(24)20-9-4-3-7-15(20)19-21/h1-7,9,22H,8,10-12H2,(H,18,23). The van der Waals surface area contributed by atoms with Crippen molar-refractivity contribution < 1.29 is 9.90 Å². The lowest BCUT2D eigenvalue weighted by molar-refractivity contribution is -0.121. The van der Waals surface area contributed by atoms with Gasteiger partial charge in [-0.05, 0) is 23.3 Å². The summed E-state index contributed by atoms with van der Waals surface area (Å²) in [5, 5.41) is 16.3. The van der Waals surface area contributed by atoms with Gasteiger partial charge in [-0.2, -0.15) is 0 Å². The Morgan fingerprint density at radius 3 is 2.62 bits per heavy atom. The topological polar surface area (TPSA) is 88.6 Å². The summed E-state index contributed by atoms with van der Waals surface area (Å²) in [6.45, 7) is 0.492. The number of aromatic nitrogens is 3. The van der Waals surface area contributed by atoms with Gasteiger partial charge in [0.05, 0.1) is 13.2 Å². The molecular formula is C17H18N4O3. The number of hydrogen-bond donors (Lipinski definition) is 2. The van der Waals surface area contributed by atoms with Crippen LogP contribution in [0.3, 0.4) is 0 Å². The lowest BCUT2D eigenvalue weighted by Gasteiger charge is -2.08. The molecule has 0 bridgehead atoms. The van der Waals surface area contributed by atoms with Crippen LogP contribution in [0.15, 0.2) is 53.5 Å². The molecule has 7 heteroatoms. The molecule has 0 spiro atoms. The van der Waals surface area contributed by atoms with E-state index in [9.17, 15) is 14.7 Å². The highest BCUT2D eigenvalue weighted by Gasteiger charge is 2.09. The number of rotatable bonds is 6. The van der Waals surface area contributed by atoms with E-state index in [-0.39, 0.29) is 31.2 Å². The molecule has 0 aliphatic rings. The quantitative estimate of drug-likeness (QED) is 0.698. The minimum absolute atomic E-state index is 0.0668. The monoisotopic (exact) mass is 326 g/mol. The number of aryl methyl sites for hydroxylation is 1. The van der Waals surface area contributed by atoms with Crippen LogP contribution in [0, 0.1) is 0 Å². The fraction of sp³-hybridized carbons (Fsp3) is 0.235. The Hall–Kier alpha value is -2.93. The van der Waals surface area contributed by atoms with Gasteiger partial charge in [-0.25, -0.2) is 9.48 Å². The number of fused-ring (bicyclic) bond motifs is 1. The maximum Gasteiger partial charge on any atom is 0.350 e. The summed E-state index contributed by atoms with van der Waals surface area (Å²) in [5.74, 6) is -0.174. The van der Waals surface area contributed by atoms with Crippen molar-refractivity contribution in [3.63, 3.8) is 0 Å². The van der Waals surface area contributed by atoms with Gasteiger partial charge >= 0.3 is 5.69 Å². The van der Waals surface area contributed by atoms with Crippen molar-refractivity contribution in [2.75, 3.05) is 0 Å². The van der Waals surface area contributed by atoms with E-state index < -0.39 is 0 Å². The van der Waals surface area contributed by atoms with E-state index in [0.29, 0.717) is 12.2 Å². The summed E-state index contributed by atoms with van der Waals surface area (Å²) < 4.78 is 2.73. The molecule has 2 N–H and O–H groups in total. The van der Waals surface area contributed by atoms with E-state index in [2.05, 4.69) is 10.4 Å². The summed E-state index contributed by atoms with van der Waals surface area (Å²) in [5.41, 5.74) is 1.96. The molecule has 2 aromatic heterocycles. The Bertz CT molecular complexity index is 913. The number of amides is 1. The fourth-order valence-electron chi connectivity index (χ4n) is 2.49. The Kier molecular flexibility index (Phi) is 4.72. The van der Waals surface area contributed by atoms with Crippen LogP contribution in [0.1, 0.15) is 17.5 Å². The van der Waals surface area contributed by atoms with Crippen LogP contribution < -0.4 is 11.0 Å². The van der Waals surface area contributed by atoms with Gasteiger partial charge in [0.2, 0.25) is 5.91 Å². The van der Waals surface area contributed by atoms with Gasteiger partial charge < -0.3 is 10.4 Å². The Balaban J connectivity index is 1.59. The third-order valence-electron chi connectivity index (χ3n) is 3.80. The second-order valence-electron chi connectivity index (χ2n) is 5.39. The normalized spacial score (nSPS) is 10.9.